The zero-order valence-electron chi connectivity index (χ0n) is 10.1. The van der Waals surface area contributed by atoms with Gasteiger partial charge in [0.15, 0.2) is 0 Å². The minimum absolute atomic E-state index is 0.303. The molecule has 1 aromatic rings. The molecule has 1 nitrogen and oxygen atoms in total. The fourth-order valence-corrected chi connectivity index (χ4v) is 3.63. The van der Waals surface area contributed by atoms with E-state index in [4.69, 9.17) is 4.74 Å². The molecule has 1 fully saturated rings. The van der Waals surface area contributed by atoms with E-state index in [1.165, 1.54) is 36.8 Å². The van der Waals surface area contributed by atoms with E-state index in [9.17, 15) is 0 Å². The molecule has 88 valence electrons. The molecule has 2 heteroatoms. The highest BCUT2D eigenvalue weighted by atomic mass is 79.9. The van der Waals surface area contributed by atoms with Crippen molar-refractivity contribution in [1.29, 1.82) is 0 Å². The summed E-state index contributed by atoms with van der Waals surface area (Å²) in [5.41, 5.74) is 3.02. The molecule has 0 unspecified atom stereocenters. The second-order valence-electron chi connectivity index (χ2n) is 4.82. The molecule has 0 atom stereocenters. The fraction of sp³-hybridized carbons (Fsp3) is 0.571. The highest BCUT2D eigenvalue weighted by Gasteiger charge is 2.36. The molecule has 0 saturated heterocycles. The van der Waals surface area contributed by atoms with E-state index in [0.29, 0.717) is 5.41 Å². The van der Waals surface area contributed by atoms with Crippen LogP contribution < -0.4 is 4.74 Å². The summed E-state index contributed by atoms with van der Waals surface area (Å²) >= 11 is 3.70. The van der Waals surface area contributed by atoms with Gasteiger partial charge in [-0.3, -0.25) is 0 Å². The molecule has 0 aromatic heterocycles. The van der Waals surface area contributed by atoms with E-state index in [1.807, 2.05) is 0 Å². The zero-order chi connectivity index (χ0) is 11.6. The molecule has 0 amide bonds. The summed E-state index contributed by atoms with van der Waals surface area (Å²) in [5.74, 6) is 1.05. The highest BCUT2D eigenvalue weighted by Crippen LogP contribution is 2.46. The summed E-state index contributed by atoms with van der Waals surface area (Å²) in [6, 6.07) is 6.53. The number of benzene rings is 1. The molecule has 2 rings (SSSR count). The van der Waals surface area contributed by atoms with Gasteiger partial charge in [0.25, 0.3) is 0 Å². The van der Waals surface area contributed by atoms with Gasteiger partial charge in [-0.15, -0.1) is 0 Å². The summed E-state index contributed by atoms with van der Waals surface area (Å²) in [4.78, 5) is 0. The van der Waals surface area contributed by atoms with Crippen molar-refractivity contribution < 1.29 is 4.74 Å². The van der Waals surface area contributed by atoms with Crippen molar-refractivity contribution >= 4 is 15.9 Å². The van der Waals surface area contributed by atoms with Gasteiger partial charge >= 0.3 is 0 Å². The maximum Gasteiger partial charge on any atom is 0.122 e. The lowest BCUT2D eigenvalue weighted by Gasteiger charge is -2.29. The van der Waals surface area contributed by atoms with Gasteiger partial charge in [-0.25, -0.2) is 0 Å². The van der Waals surface area contributed by atoms with E-state index < -0.39 is 0 Å². The van der Waals surface area contributed by atoms with E-state index in [0.717, 1.165) is 11.1 Å². The highest BCUT2D eigenvalue weighted by molar-refractivity contribution is 9.09. The van der Waals surface area contributed by atoms with Gasteiger partial charge in [0.2, 0.25) is 0 Å². The number of ether oxygens (including phenoxy) is 1. The van der Waals surface area contributed by atoms with Crippen LogP contribution in [0.4, 0.5) is 0 Å². The van der Waals surface area contributed by atoms with Crippen molar-refractivity contribution in [1.82, 2.24) is 0 Å². The normalized spacial score (nSPS) is 18.7. The van der Waals surface area contributed by atoms with Crippen LogP contribution in [0.3, 0.4) is 0 Å². The Morgan fingerprint density at radius 3 is 2.56 bits per heavy atom. The van der Waals surface area contributed by atoms with Gasteiger partial charge < -0.3 is 4.74 Å². The van der Waals surface area contributed by atoms with Crippen molar-refractivity contribution in [2.75, 3.05) is 12.4 Å². The Balaban J connectivity index is 2.47. The van der Waals surface area contributed by atoms with Gasteiger partial charge in [0, 0.05) is 16.3 Å². The van der Waals surface area contributed by atoms with Crippen LogP contribution in [0.5, 0.6) is 5.75 Å². The Morgan fingerprint density at radius 1 is 1.31 bits per heavy atom. The molecular formula is C14H19BrO. The predicted molar refractivity (Wildman–Crippen MR) is 71.7 cm³/mol. The molecule has 0 bridgehead atoms. The first kappa shape index (κ1) is 12.0. The van der Waals surface area contributed by atoms with E-state index >= 15 is 0 Å². The maximum atomic E-state index is 5.52. The molecule has 0 N–H and O–H groups in total. The number of methoxy groups -OCH3 is 1. The van der Waals surface area contributed by atoms with Gasteiger partial charge in [-0.1, -0.05) is 46.5 Å². The lowest BCUT2D eigenvalue weighted by molar-refractivity contribution is 0.388. The quantitative estimate of drug-likeness (QED) is 0.755. The van der Waals surface area contributed by atoms with Crippen LogP contribution in [0.2, 0.25) is 0 Å². The number of rotatable bonds is 3. The molecule has 0 radical (unpaired) electrons. The van der Waals surface area contributed by atoms with Crippen LogP contribution in [0.1, 0.15) is 36.8 Å². The van der Waals surface area contributed by atoms with Crippen LogP contribution >= 0.6 is 15.9 Å². The van der Waals surface area contributed by atoms with Crippen LogP contribution in [0.25, 0.3) is 0 Å². The van der Waals surface area contributed by atoms with Crippen molar-refractivity contribution in [3.63, 3.8) is 0 Å². The van der Waals surface area contributed by atoms with Gasteiger partial charge in [0.1, 0.15) is 5.75 Å². The summed E-state index contributed by atoms with van der Waals surface area (Å²) < 4.78 is 5.52. The Labute approximate surface area is 106 Å². The maximum absolute atomic E-state index is 5.52. The molecule has 16 heavy (non-hydrogen) atoms. The van der Waals surface area contributed by atoms with Gasteiger partial charge in [-0.05, 0) is 25.8 Å². The summed E-state index contributed by atoms with van der Waals surface area (Å²) in [6.07, 6.45) is 5.22. The molecule has 1 aliphatic rings. The molecule has 0 aliphatic heterocycles. The summed E-state index contributed by atoms with van der Waals surface area (Å²) in [6.45, 7) is 2.15. The third-order valence-corrected chi connectivity index (χ3v) is 4.82. The minimum Gasteiger partial charge on any atom is -0.496 e. The average Bonchev–Trinajstić information content (AvgIpc) is 2.78. The standard InChI is InChI=1S/C14H19BrO/c1-11-5-6-13(16-2)12(9-11)14(10-15)7-3-4-8-14/h5-6,9H,3-4,7-8,10H2,1-2H3. The van der Waals surface area contributed by atoms with Crippen molar-refractivity contribution in [3.05, 3.63) is 29.3 Å². The SMILES string of the molecule is COc1ccc(C)cc1C1(CBr)CCCC1. The van der Waals surface area contributed by atoms with Crippen molar-refractivity contribution in [3.8, 4) is 5.75 Å². The number of alkyl halides is 1. The number of halogens is 1. The zero-order valence-corrected chi connectivity index (χ0v) is 11.6. The third kappa shape index (κ3) is 2.00. The minimum atomic E-state index is 0.303. The smallest absolute Gasteiger partial charge is 0.122 e. The average molecular weight is 283 g/mol. The van der Waals surface area contributed by atoms with E-state index in [1.54, 1.807) is 7.11 Å². The van der Waals surface area contributed by atoms with E-state index in [2.05, 4.69) is 41.1 Å². The number of aryl methyl sites for hydroxylation is 1. The topological polar surface area (TPSA) is 9.23 Å². The lowest BCUT2D eigenvalue weighted by atomic mass is 9.80. The molecule has 0 heterocycles. The molecule has 1 saturated carbocycles. The largest absolute Gasteiger partial charge is 0.496 e. The first-order chi connectivity index (χ1) is 7.72. The Morgan fingerprint density at radius 2 is 2.00 bits per heavy atom. The van der Waals surface area contributed by atoms with Crippen LogP contribution in [-0.2, 0) is 5.41 Å². The van der Waals surface area contributed by atoms with Crippen molar-refractivity contribution in [2.24, 2.45) is 0 Å². The van der Waals surface area contributed by atoms with Crippen LogP contribution in [-0.4, -0.2) is 12.4 Å². The third-order valence-electron chi connectivity index (χ3n) is 3.74. The number of hydrogen-bond donors (Lipinski definition) is 0. The Bertz CT molecular complexity index is 367. The predicted octanol–water partition coefficient (Wildman–Crippen LogP) is 4.21. The second-order valence-corrected chi connectivity index (χ2v) is 5.39. The second kappa shape index (κ2) is 4.79. The van der Waals surface area contributed by atoms with Crippen LogP contribution in [0, 0.1) is 6.92 Å². The molecule has 0 spiro atoms. The van der Waals surface area contributed by atoms with E-state index in [-0.39, 0.29) is 0 Å². The Hall–Kier alpha value is -0.500. The Kier molecular flexibility index (Phi) is 3.58. The monoisotopic (exact) mass is 282 g/mol. The molecule has 1 aromatic carbocycles. The summed E-state index contributed by atoms with van der Waals surface area (Å²) in [7, 11) is 1.77. The fourth-order valence-electron chi connectivity index (χ4n) is 2.76. The van der Waals surface area contributed by atoms with Gasteiger partial charge in [-0.2, -0.15) is 0 Å². The van der Waals surface area contributed by atoms with Crippen molar-refractivity contribution in [2.45, 2.75) is 38.0 Å². The lowest BCUT2D eigenvalue weighted by Crippen LogP contribution is -2.24. The molecule has 1 aliphatic carbocycles. The molecular weight excluding hydrogens is 264 g/mol. The van der Waals surface area contributed by atoms with Crippen LogP contribution in [0.15, 0.2) is 18.2 Å². The first-order valence-corrected chi connectivity index (χ1v) is 7.05. The van der Waals surface area contributed by atoms with Gasteiger partial charge in [0.05, 0.1) is 7.11 Å². The number of hydrogen-bond acceptors (Lipinski definition) is 1. The summed E-state index contributed by atoms with van der Waals surface area (Å²) in [5, 5.41) is 1.04. The first-order valence-electron chi connectivity index (χ1n) is 5.93.